The lowest BCUT2D eigenvalue weighted by Crippen LogP contribution is -2.56. The first-order chi connectivity index (χ1) is 14.2. The van der Waals surface area contributed by atoms with Gasteiger partial charge in [-0.2, -0.15) is 0 Å². The number of hydrogen-bond acceptors (Lipinski definition) is 3. The zero-order chi connectivity index (χ0) is 19.7. The van der Waals surface area contributed by atoms with Crippen LogP contribution in [-0.2, 0) is 24.9 Å². The quantitative estimate of drug-likeness (QED) is 0.542. The summed E-state index contributed by atoms with van der Waals surface area (Å²) >= 11 is 3.60. The Balaban J connectivity index is 1.39. The van der Waals surface area contributed by atoms with Gasteiger partial charge in [0.2, 0.25) is 0 Å². The number of benzene rings is 2. The third-order valence-electron chi connectivity index (χ3n) is 6.50. The van der Waals surface area contributed by atoms with Crippen molar-refractivity contribution >= 4 is 15.9 Å². The lowest BCUT2D eigenvalue weighted by Gasteiger charge is -2.46. The van der Waals surface area contributed by atoms with E-state index in [9.17, 15) is 0 Å². The molecule has 0 saturated carbocycles. The summed E-state index contributed by atoms with van der Waals surface area (Å²) in [6, 6.07) is 26.1. The van der Waals surface area contributed by atoms with Gasteiger partial charge in [-0.25, -0.2) is 4.98 Å². The van der Waals surface area contributed by atoms with Gasteiger partial charge < -0.3 is 0 Å². The van der Waals surface area contributed by atoms with Crippen LogP contribution in [0.1, 0.15) is 22.4 Å². The SMILES string of the molecule is Brc1cccc(C2(N3CCN(Cc4ccccc4)CC3)Cc3ccccc3C2)n1. The molecule has 1 aliphatic heterocycles. The Bertz CT molecular complexity index is 955. The zero-order valence-corrected chi connectivity index (χ0v) is 18.2. The first kappa shape index (κ1) is 19.0. The lowest BCUT2D eigenvalue weighted by molar-refractivity contribution is 0.0290. The molecule has 0 bridgehead atoms. The van der Waals surface area contributed by atoms with Crippen LogP contribution in [0, 0.1) is 0 Å². The van der Waals surface area contributed by atoms with E-state index in [2.05, 4.69) is 92.5 Å². The largest absolute Gasteiger partial charge is 0.297 e. The number of hydrogen-bond donors (Lipinski definition) is 0. The van der Waals surface area contributed by atoms with Crippen molar-refractivity contribution in [3.63, 3.8) is 0 Å². The van der Waals surface area contributed by atoms with Gasteiger partial charge in [0.1, 0.15) is 4.60 Å². The van der Waals surface area contributed by atoms with Gasteiger partial charge in [-0.15, -0.1) is 0 Å². The van der Waals surface area contributed by atoms with Crippen LogP contribution in [-0.4, -0.2) is 41.0 Å². The Hall–Kier alpha value is -2.01. The van der Waals surface area contributed by atoms with E-state index >= 15 is 0 Å². The highest BCUT2D eigenvalue weighted by atomic mass is 79.9. The standard InChI is InChI=1S/C25H26BrN3/c26-24-12-6-11-23(27-24)25(17-21-9-4-5-10-22(21)18-25)29-15-13-28(14-16-29)19-20-7-2-1-3-8-20/h1-12H,13-19H2. The Morgan fingerprint density at radius 3 is 2.07 bits per heavy atom. The van der Waals surface area contributed by atoms with Gasteiger partial charge in [-0.05, 0) is 57.6 Å². The fourth-order valence-corrected chi connectivity index (χ4v) is 5.35. The fourth-order valence-electron chi connectivity index (χ4n) is 5.00. The van der Waals surface area contributed by atoms with E-state index in [0.717, 1.165) is 50.2 Å². The predicted octanol–water partition coefficient (Wildman–Crippen LogP) is 4.66. The fraction of sp³-hybridized carbons (Fsp3) is 0.320. The van der Waals surface area contributed by atoms with Gasteiger partial charge >= 0.3 is 0 Å². The van der Waals surface area contributed by atoms with Gasteiger partial charge in [-0.1, -0.05) is 60.7 Å². The van der Waals surface area contributed by atoms with Gasteiger partial charge in [0.05, 0.1) is 11.2 Å². The minimum atomic E-state index is -0.0354. The number of piperazine rings is 1. The molecule has 0 N–H and O–H groups in total. The second-order valence-corrected chi connectivity index (χ2v) is 9.06. The summed E-state index contributed by atoms with van der Waals surface area (Å²) < 4.78 is 0.924. The number of fused-ring (bicyclic) bond motifs is 1. The van der Waals surface area contributed by atoms with Crippen molar-refractivity contribution in [1.82, 2.24) is 14.8 Å². The first-order valence-electron chi connectivity index (χ1n) is 10.4. The molecule has 1 saturated heterocycles. The smallest absolute Gasteiger partial charge is 0.106 e. The number of aromatic nitrogens is 1. The summed E-state index contributed by atoms with van der Waals surface area (Å²) in [5.41, 5.74) is 5.51. The van der Waals surface area contributed by atoms with E-state index in [1.165, 1.54) is 22.4 Å². The highest BCUT2D eigenvalue weighted by Gasteiger charge is 2.45. The van der Waals surface area contributed by atoms with Crippen molar-refractivity contribution in [2.45, 2.75) is 24.9 Å². The molecule has 0 unspecified atom stereocenters. The molecular formula is C25H26BrN3. The highest BCUT2D eigenvalue weighted by molar-refractivity contribution is 9.10. The van der Waals surface area contributed by atoms with Crippen molar-refractivity contribution in [2.24, 2.45) is 0 Å². The molecule has 4 heteroatoms. The predicted molar refractivity (Wildman–Crippen MR) is 121 cm³/mol. The first-order valence-corrected chi connectivity index (χ1v) is 11.2. The number of halogens is 1. The topological polar surface area (TPSA) is 19.4 Å². The molecular weight excluding hydrogens is 422 g/mol. The maximum Gasteiger partial charge on any atom is 0.106 e. The van der Waals surface area contributed by atoms with Crippen LogP contribution in [0.15, 0.2) is 77.4 Å². The van der Waals surface area contributed by atoms with Crippen LogP contribution in [0.3, 0.4) is 0 Å². The molecule has 1 aromatic heterocycles. The molecule has 1 aliphatic carbocycles. The van der Waals surface area contributed by atoms with Crippen LogP contribution in [0.4, 0.5) is 0 Å². The van der Waals surface area contributed by atoms with E-state index in [-0.39, 0.29) is 5.54 Å². The molecule has 2 heterocycles. The van der Waals surface area contributed by atoms with Crippen molar-refractivity contribution in [1.29, 1.82) is 0 Å². The summed E-state index contributed by atoms with van der Waals surface area (Å²) in [4.78, 5) is 10.2. The molecule has 0 amide bonds. The molecule has 0 spiro atoms. The minimum Gasteiger partial charge on any atom is -0.297 e. The van der Waals surface area contributed by atoms with Crippen LogP contribution in [0.2, 0.25) is 0 Å². The third-order valence-corrected chi connectivity index (χ3v) is 6.94. The molecule has 5 rings (SSSR count). The molecule has 1 fully saturated rings. The second-order valence-electron chi connectivity index (χ2n) is 8.25. The van der Waals surface area contributed by atoms with Crippen molar-refractivity contribution < 1.29 is 0 Å². The van der Waals surface area contributed by atoms with Crippen molar-refractivity contribution in [2.75, 3.05) is 26.2 Å². The molecule has 2 aliphatic rings. The Morgan fingerprint density at radius 2 is 1.41 bits per heavy atom. The van der Waals surface area contributed by atoms with Gasteiger partial charge in [0.25, 0.3) is 0 Å². The summed E-state index contributed by atoms with van der Waals surface area (Å²) in [6.45, 7) is 5.39. The molecule has 3 nitrogen and oxygen atoms in total. The van der Waals surface area contributed by atoms with Crippen LogP contribution in [0.25, 0.3) is 0 Å². The number of nitrogens with zero attached hydrogens (tertiary/aromatic N) is 3. The number of pyridine rings is 1. The summed E-state index contributed by atoms with van der Waals surface area (Å²) in [7, 11) is 0. The van der Waals surface area contributed by atoms with Gasteiger partial charge in [0.15, 0.2) is 0 Å². The normalized spacial score (nSPS) is 19.2. The van der Waals surface area contributed by atoms with Gasteiger partial charge in [-0.3, -0.25) is 9.80 Å². The molecule has 0 atom stereocenters. The second kappa shape index (κ2) is 8.02. The Kier molecular flexibility index (Phi) is 5.25. The number of rotatable bonds is 4. The zero-order valence-electron chi connectivity index (χ0n) is 16.6. The van der Waals surface area contributed by atoms with E-state index < -0.39 is 0 Å². The van der Waals surface area contributed by atoms with E-state index in [1.807, 2.05) is 6.07 Å². The summed E-state index contributed by atoms with van der Waals surface area (Å²) in [5.74, 6) is 0. The lowest BCUT2D eigenvalue weighted by atomic mass is 9.88. The average molecular weight is 448 g/mol. The maximum atomic E-state index is 4.93. The molecule has 0 radical (unpaired) electrons. The minimum absolute atomic E-state index is 0.0354. The van der Waals surface area contributed by atoms with E-state index in [4.69, 9.17) is 4.98 Å². The van der Waals surface area contributed by atoms with Gasteiger partial charge in [0, 0.05) is 32.7 Å². The third kappa shape index (κ3) is 3.77. The van der Waals surface area contributed by atoms with E-state index in [1.54, 1.807) is 0 Å². The average Bonchev–Trinajstić information content (AvgIpc) is 3.16. The summed E-state index contributed by atoms with van der Waals surface area (Å²) in [6.07, 6.45) is 2.09. The molecule has 29 heavy (non-hydrogen) atoms. The molecule has 3 aromatic rings. The summed E-state index contributed by atoms with van der Waals surface area (Å²) in [5, 5.41) is 0. The maximum absolute atomic E-state index is 4.93. The van der Waals surface area contributed by atoms with Crippen molar-refractivity contribution in [3.8, 4) is 0 Å². The Morgan fingerprint density at radius 1 is 0.759 bits per heavy atom. The van der Waals surface area contributed by atoms with Crippen molar-refractivity contribution in [3.05, 3.63) is 99.8 Å². The van der Waals surface area contributed by atoms with Crippen LogP contribution in [0.5, 0.6) is 0 Å². The monoisotopic (exact) mass is 447 g/mol. The van der Waals surface area contributed by atoms with Crippen LogP contribution < -0.4 is 0 Å². The van der Waals surface area contributed by atoms with Crippen LogP contribution >= 0.6 is 15.9 Å². The molecule has 2 aromatic carbocycles. The molecule has 148 valence electrons. The highest BCUT2D eigenvalue weighted by Crippen LogP contribution is 2.42. The Labute approximate surface area is 181 Å². The van der Waals surface area contributed by atoms with E-state index in [0.29, 0.717) is 0 Å².